The van der Waals surface area contributed by atoms with Crippen molar-refractivity contribution >= 4 is 70.1 Å². The van der Waals surface area contributed by atoms with E-state index in [1.807, 2.05) is 0 Å². The number of benzene rings is 2. The lowest BCUT2D eigenvalue weighted by molar-refractivity contribution is 0.231. The first kappa shape index (κ1) is 26.4. The van der Waals surface area contributed by atoms with E-state index in [9.17, 15) is 9.59 Å². The molecule has 0 bridgehead atoms. The molecule has 196 valence electrons. The molecular formula is C25H30N6O4S2. The Morgan fingerprint density at radius 3 is 1.95 bits per heavy atom. The summed E-state index contributed by atoms with van der Waals surface area (Å²) in [5.41, 5.74) is 3.83. The highest BCUT2D eigenvalue weighted by atomic mass is 32.1. The first-order valence-corrected chi connectivity index (χ1v) is 12.7. The summed E-state index contributed by atoms with van der Waals surface area (Å²) in [6.45, 7) is 7.39. The number of urea groups is 2. The highest BCUT2D eigenvalue weighted by molar-refractivity contribution is 7.71. The van der Waals surface area contributed by atoms with Crippen LogP contribution in [0.25, 0.3) is 22.2 Å². The zero-order valence-corrected chi connectivity index (χ0v) is 22.5. The Morgan fingerprint density at radius 2 is 1.41 bits per heavy atom. The summed E-state index contributed by atoms with van der Waals surface area (Å²) in [4.78, 5) is 31.1. The number of carbonyl (C=O) groups is 2. The lowest BCUT2D eigenvalue weighted by atomic mass is 9.82. The quantitative estimate of drug-likeness (QED) is 0.130. The number of aromatic nitrogens is 2. The summed E-state index contributed by atoms with van der Waals surface area (Å²) in [6, 6.07) is 10.0. The predicted molar refractivity (Wildman–Crippen MR) is 149 cm³/mol. The van der Waals surface area contributed by atoms with E-state index < -0.39 is 0 Å². The minimum Gasteiger partial charge on any atom is -0.429 e. The van der Waals surface area contributed by atoms with Gasteiger partial charge in [0.05, 0.1) is 11.0 Å². The molecule has 37 heavy (non-hydrogen) atoms. The van der Waals surface area contributed by atoms with Crippen LogP contribution in [0.4, 0.5) is 21.0 Å². The van der Waals surface area contributed by atoms with Crippen molar-refractivity contribution in [2.75, 3.05) is 23.7 Å². The molecule has 2 aromatic carbocycles. The molecule has 12 heteroatoms. The third kappa shape index (κ3) is 7.43. The molecule has 2 heterocycles. The van der Waals surface area contributed by atoms with Gasteiger partial charge < -0.3 is 40.1 Å². The molecule has 10 nitrogen and oxygen atoms in total. The van der Waals surface area contributed by atoms with E-state index in [1.165, 1.54) is 0 Å². The van der Waals surface area contributed by atoms with Crippen LogP contribution in [0, 0.1) is 21.0 Å². The summed E-state index contributed by atoms with van der Waals surface area (Å²) in [5.74, 6) is 0.339. The van der Waals surface area contributed by atoms with E-state index in [0.717, 1.165) is 23.9 Å². The number of carbonyl (C=O) groups excluding carboxylic acids is 2. The fourth-order valence-electron chi connectivity index (χ4n) is 4.27. The maximum atomic E-state index is 12.4. The number of fused-ring (bicyclic) bond motifs is 2. The van der Waals surface area contributed by atoms with Gasteiger partial charge in [-0.3, -0.25) is 0 Å². The van der Waals surface area contributed by atoms with Crippen molar-refractivity contribution in [1.82, 2.24) is 20.6 Å². The number of hydrogen-bond acceptors (Lipinski definition) is 6. The summed E-state index contributed by atoms with van der Waals surface area (Å²) < 4.78 is 10.8. The average Bonchev–Trinajstić information content (AvgIpc) is 3.37. The van der Waals surface area contributed by atoms with Crippen LogP contribution in [-0.4, -0.2) is 35.1 Å². The van der Waals surface area contributed by atoms with Crippen LogP contribution < -0.4 is 21.3 Å². The Morgan fingerprint density at radius 1 is 0.892 bits per heavy atom. The largest absolute Gasteiger partial charge is 0.429 e. The van der Waals surface area contributed by atoms with Gasteiger partial charge in [-0.15, -0.1) is 0 Å². The zero-order chi connectivity index (χ0) is 26.6. The maximum absolute atomic E-state index is 12.4. The fourth-order valence-corrected chi connectivity index (χ4v) is 4.67. The van der Waals surface area contributed by atoms with Gasteiger partial charge in [-0.05, 0) is 72.9 Å². The molecule has 1 atom stereocenters. The van der Waals surface area contributed by atoms with Crippen molar-refractivity contribution in [2.24, 2.45) is 11.3 Å². The Balaban J connectivity index is 1.16. The van der Waals surface area contributed by atoms with Crippen LogP contribution in [0.15, 0.2) is 45.2 Å². The van der Waals surface area contributed by atoms with Gasteiger partial charge in [0.1, 0.15) is 0 Å². The molecule has 1 unspecified atom stereocenters. The molecular weight excluding hydrogens is 512 g/mol. The van der Waals surface area contributed by atoms with Gasteiger partial charge in [0, 0.05) is 36.6 Å². The second kappa shape index (κ2) is 11.2. The monoisotopic (exact) mass is 542 g/mol. The van der Waals surface area contributed by atoms with Crippen molar-refractivity contribution in [1.29, 1.82) is 0 Å². The van der Waals surface area contributed by atoms with Gasteiger partial charge in [-0.1, -0.05) is 20.8 Å². The van der Waals surface area contributed by atoms with Gasteiger partial charge >= 0.3 is 12.1 Å². The topological polar surface area (TPSA) is 140 Å². The van der Waals surface area contributed by atoms with Gasteiger partial charge in [0.15, 0.2) is 11.2 Å². The molecule has 0 aliphatic rings. The number of amides is 4. The molecule has 2 aromatic heterocycles. The lowest BCUT2D eigenvalue weighted by Gasteiger charge is -2.28. The van der Waals surface area contributed by atoms with Gasteiger partial charge in [-0.25, -0.2) is 9.59 Å². The summed E-state index contributed by atoms with van der Waals surface area (Å²) >= 11 is 9.97. The average molecular weight is 543 g/mol. The highest BCUT2D eigenvalue weighted by Gasteiger charge is 2.22. The van der Waals surface area contributed by atoms with E-state index in [0.29, 0.717) is 51.2 Å². The minimum atomic E-state index is -0.290. The minimum absolute atomic E-state index is 0.130. The van der Waals surface area contributed by atoms with Crippen LogP contribution in [0.5, 0.6) is 0 Å². The maximum Gasteiger partial charge on any atom is 0.319 e. The highest BCUT2D eigenvalue weighted by Crippen LogP contribution is 2.26. The number of anilines is 2. The third-order valence-corrected chi connectivity index (χ3v) is 6.28. The lowest BCUT2D eigenvalue weighted by Crippen LogP contribution is -2.38. The molecule has 6 N–H and O–H groups in total. The first-order chi connectivity index (χ1) is 17.6. The summed E-state index contributed by atoms with van der Waals surface area (Å²) in [6.07, 6.45) is 1.68. The predicted octanol–water partition coefficient (Wildman–Crippen LogP) is 6.68. The van der Waals surface area contributed by atoms with E-state index in [4.69, 9.17) is 33.3 Å². The van der Waals surface area contributed by atoms with Crippen LogP contribution in [0.2, 0.25) is 0 Å². The Labute approximate surface area is 223 Å². The summed E-state index contributed by atoms with van der Waals surface area (Å²) in [7, 11) is 0. The molecule has 0 spiro atoms. The molecule has 0 aliphatic carbocycles. The second-order valence-corrected chi connectivity index (χ2v) is 10.6. The third-order valence-electron chi connectivity index (χ3n) is 5.91. The van der Waals surface area contributed by atoms with Crippen LogP contribution in [-0.2, 0) is 0 Å². The molecule has 0 fully saturated rings. The first-order valence-electron chi connectivity index (χ1n) is 11.9. The van der Waals surface area contributed by atoms with Crippen molar-refractivity contribution in [3.63, 3.8) is 0 Å². The molecule has 4 aromatic rings. The smallest absolute Gasteiger partial charge is 0.319 e. The molecule has 4 rings (SSSR count). The van der Waals surface area contributed by atoms with Crippen molar-refractivity contribution in [2.45, 2.75) is 33.6 Å². The fraction of sp³-hybridized carbons (Fsp3) is 0.360. The Hall–Kier alpha value is -3.64. The van der Waals surface area contributed by atoms with Crippen LogP contribution in [0.3, 0.4) is 0 Å². The number of H-pyrrole nitrogens is 2. The van der Waals surface area contributed by atoms with Gasteiger partial charge in [0.2, 0.25) is 0 Å². The van der Waals surface area contributed by atoms with Gasteiger partial charge in [-0.2, -0.15) is 0 Å². The van der Waals surface area contributed by atoms with Crippen LogP contribution >= 0.6 is 24.4 Å². The van der Waals surface area contributed by atoms with E-state index in [1.54, 1.807) is 36.4 Å². The number of nitrogens with one attached hydrogen (secondary N) is 6. The SMILES string of the molecule is CC(CCNC(=O)Nc1ccc2[nH]c(=S)oc2c1)CC(C)(C)CNC(=O)Nc1ccc2[nH]c(=S)oc2c1. The number of oxazole rings is 2. The van der Waals surface area contributed by atoms with Gasteiger partial charge in [0.25, 0.3) is 9.67 Å². The van der Waals surface area contributed by atoms with E-state index in [-0.39, 0.29) is 17.5 Å². The van der Waals surface area contributed by atoms with Crippen molar-refractivity contribution in [3.8, 4) is 0 Å². The van der Waals surface area contributed by atoms with E-state index >= 15 is 0 Å². The number of aromatic amines is 2. The zero-order valence-electron chi connectivity index (χ0n) is 20.8. The second-order valence-electron chi connectivity index (χ2n) is 9.90. The molecule has 0 aliphatic heterocycles. The number of hydrogen-bond donors (Lipinski definition) is 6. The van der Waals surface area contributed by atoms with Crippen LogP contribution in [0.1, 0.15) is 33.6 Å². The van der Waals surface area contributed by atoms with Crippen molar-refractivity contribution < 1.29 is 18.4 Å². The van der Waals surface area contributed by atoms with Crippen molar-refractivity contribution in [3.05, 3.63) is 46.1 Å². The van der Waals surface area contributed by atoms with E-state index in [2.05, 4.69) is 52.0 Å². The standard InChI is InChI=1S/C25H30N6O4S2/c1-14(8-9-26-21(32)28-15-4-6-17-19(10-15)34-23(36)30-17)12-25(2,3)13-27-22(33)29-16-5-7-18-20(11-16)35-24(37)31-18/h4-7,10-11,14H,8-9,12-13H2,1-3H3,(H,30,36)(H,31,37)(H2,26,28,32)(H2,27,29,33). The Kier molecular flexibility index (Phi) is 7.98. The molecule has 0 saturated heterocycles. The normalized spacial score (nSPS) is 12.4. The number of rotatable bonds is 9. The molecule has 0 radical (unpaired) electrons. The summed E-state index contributed by atoms with van der Waals surface area (Å²) in [5, 5.41) is 11.5. The molecule has 0 saturated carbocycles. The molecule has 4 amide bonds. The Bertz CT molecular complexity index is 1530.